The number of carbonyl (C=O) groups is 1. The summed E-state index contributed by atoms with van der Waals surface area (Å²) in [5.41, 5.74) is 4.57. The van der Waals surface area contributed by atoms with Gasteiger partial charge in [0.05, 0.1) is 0 Å². The Morgan fingerprint density at radius 2 is 1.94 bits per heavy atom. The third-order valence-corrected chi connectivity index (χ3v) is 2.48. The van der Waals surface area contributed by atoms with Gasteiger partial charge in [0.25, 0.3) is 0 Å². The summed E-state index contributed by atoms with van der Waals surface area (Å²) < 4.78 is 0. The lowest BCUT2D eigenvalue weighted by Crippen LogP contribution is -2.40. The van der Waals surface area contributed by atoms with Gasteiger partial charge in [-0.2, -0.15) is 0 Å². The molecule has 0 spiro atoms. The fraction of sp³-hybridized carbons (Fsp3) is 0.417. The number of nitrogens with two attached hydrogens (primary N) is 1. The van der Waals surface area contributed by atoms with Crippen LogP contribution in [0.4, 0.5) is 4.79 Å². The van der Waals surface area contributed by atoms with Gasteiger partial charge in [0.15, 0.2) is 0 Å². The van der Waals surface area contributed by atoms with Crippen molar-refractivity contribution in [3.8, 4) is 0 Å². The molecule has 1 rings (SSSR count). The van der Waals surface area contributed by atoms with E-state index in [1.54, 1.807) is 0 Å². The SMILES string of the molecule is CC(C)c1ccc(CCNC(=O)NN)cc1. The maximum absolute atomic E-state index is 10.8. The number of urea groups is 1. The van der Waals surface area contributed by atoms with Crippen LogP contribution >= 0.6 is 0 Å². The molecule has 0 aliphatic heterocycles. The zero-order valence-corrected chi connectivity index (χ0v) is 9.79. The molecule has 0 saturated heterocycles. The van der Waals surface area contributed by atoms with E-state index in [1.165, 1.54) is 11.1 Å². The Bertz CT molecular complexity index is 333. The standard InChI is InChI=1S/C12H19N3O/c1-9(2)11-5-3-10(4-6-11)7-8-14-12(16)15-13/h3-6,9H,7-8,13H2,1-2H3,(H2,14,15,16). The predicted molar refractivity (Wildman–Crippen MR) is 65.0 cm³/mol. The first-order valence-corrected chi connectivity index (χ1v) is 5.46. The molecule has 4 heteroatoms. The van der Waals surface area contributed by atoms with Crippen molar-refractivity contribution in [2.24, 2.45) is 5.84 Å². The smallest absolute Gasteiger partial charge is 0.328 e. The van der Waals surface area contributed by atoms with Gasteiger partial charge in [-0.3, -0.25) is 5.43 Å². The Morgan fingerprint density at radius 1 is 1.31 bits per heavy atom. The Balaban J connectivity index is 2.40. The minimum atomic E-state index is -0.348. The molecule has 0 unspecified atom stereocenters. The molecule has 0 heterocycles. The first-order valence-electron chi connectivity index (χ1n) is 5.46. The maximum atomic E-state index is 10.8. The second-order valence-electron chi connectivity index (χ2n) is 4.05. The van der Waals surface area contributed by atoms with Crippen LogP contribution in [-0.4, -0.2) is 12.6 Å². The van der Waals surface area contributed by atoms with Crippen LogP contribution in [0.2, 0.25) is 0 Å². The van der Waals surface area contributed by atoms with Gasteiger partial charge >= 0.3 is 6.03 Å². The van der Waals surface area contributed by atoms with Crippen molar-refractivity contribution < 1.29 is 4.79 Å². The van der Waals surface area contributed by atoms with Crippen LogP contribution in [0.3, 0.4) is 0 Å². The molecule has 0 radical (unpaired) electrons. The third kappa shape index (κ3) is 3.90. The average Bonchev–Trinajstić information content (AvgIpc) is 2.29. The van der Waals surface area contributed by atoms with Gasteiger partial charge in [0, 0.05) is 6.54 Å². The quantitative estimate of drug-likeness (QED) is 0.410. The molecule has 0 saturated carbocycles. The molecule has 2 amide bonds. The normalized spacial score (nSPS) is 10.2. The van der Waals surface area contributed by atoms with Crippen molar-refractivity contribution >= 4 is 6.03 Å². The molecule has 0 aromatic heterocycles. The molecule has 88 valence electrons. The number of hydrazine groups is 1. The molecule has 0 atom stereocenters. The molecule has 4 N–H and O–H groups in total. The van der Waals surface area contributed by atoms with Gasteiger partial charge in [0.2, 0.25) is 0 Å². The number of carbonyl (C=O) groups excluding carboxylic acids is 1. The van der Waals surface area contributed by atoms with Gasteiger partial charge in [-0.05, 0) is 23.5 Å². The highest BCUT2D eigenvalue weighted by atomic mass is 16.2. The summed E-state index contributed by atoms with van der Waals surface area (Å²) >= 11 is 0. The third-order valence-electron chi connectivity index (χ3n) is 2.48. The van der Waals surface area contributed by atoms with Crippen molar-refractivity contribution in [2.45, 2.75) is 26.2 Å². The van der Waals surface area contributed by atoms with Crippen LogP contribution < -0.4 is 16.6 Å². The monoisotopic (exact) mass is 221 g/mol. The number of hydrogen-bond acceptors (Lipinski definition) is 2. The summed E-state index contributed by atoms with van der Waals surface area (Å²) in [5, 5.41) is 2.64. The minimum absolute atomic E-state index is 0.348. The van der Waals surface area contributed by atoms with E-state index in [1.807, 2.05) is 5.43 Å². The zero-order valence-electron chi connectivity index (χ0n) is 9.79. The van der Waals surface area contributed by atoms with Crippen LogP contribution in [-0.2, 0) is 6.42 Å². The minimum Gasteiger partial charge on any atom is -0.337 e. The predicted octanol–water partition coefficient (Wildman–Crippen LogP) is 1.53. The Hall–Kier alpha value is -1.55. The number of rotatable bonds is 4. The first kappa shape index (κ1) is 12.5. The summed E-state index contributed by atoms with van der Waals surface area (Å²) in [5.74, 6) is 5.49. The largest absolute Gasteiger partial charge is 0.337 e. The van der Waals surface area contributed by atoms with E-state index in [0.717, 1.165) is 6.42 Å². The van der Waals surface area contributed by atoms with Gasteiger partial charge in [0.1, 0.15) is 0 Å². The van der Waals surface area contributed by atoms with Crippen LogP contribution in [0.15, 0.2) is 24.3 Å². The molecule has 1 aromatic carbocycles. The van der Waals surface area contributed by atoms with Crippen LogP contribution in [0, 0.1) is 0 Å². The van der Waals surface area contributed by atoms with E-state index >= 15 is 0 Å². The zero-order chi connectivity index (χ0) is 12.0. The van der Waals surface area contributed by atoms with E-state index in [0.29, 0.717) is 12.5 Å². The van der Waals surface area contributed by atoms with Crippen molar-refractivity contribution in [3.05, 3.63) is 35.4 Å². The van der Waals surface area contributed by atoms with Crippen molar-refractivity contribution in [2.75, 3.05) is 6.54 Å². The summed E-state index contributed by atoms with van der Waals surface area (Å²) in [7, 11) is 0. The summed E-state index contributed by atoms with van der Waals surface area (Å²) in [6, 6.07) is 8.10. The highest BCUT2D eigenvalue weighted by Crippen LogP contribution is 2.14. The number of benzene rings is 1. The second kappa shape index (κ2) is 6.12. The highest BCUT2D eigenvalue weighted by molar-refractivity contribution is 5.72. The van der Waals surface area contributed by atoms with Gasteiger partial charge in [-0.25, -0.2) is 10.6 Å². The van der Waals surface area contributed by atoms with Crippen LogP contribution in [0.1, 0.15) is 30.9 Å². The first-order chi connectivity index (χ1) is 7.63. The van der Waals surface area contributed by atoms with E-state index in [4.69, 9.17) is 5.84 Å². The topological polar surface area (TPSA) is 67.2 Å². The number of nitrogens with one attached hydrogen (secondary N) is 2. The van der Waals surface area contributed by atoms with E-state index in [2.05, 4.69) is 43.4 Å². The summed E-state index contributed by atoms with van der Waals surface area (Å²) in [6.45, 7) is 4.92. The highest BCUT2D eigenvalue weighted by Gasteiger charge is 2.00. The molecule has 0 fully saturated rings. The number of amides is 2. The Kier molecular flexibility index (Phi) is 4.79. The van der Waals surface area contributed by atoms with Gasteiger partial charge in [-0.1, -0.05) is 38.1 Å². The summed E-state index contributed by atoms with van der Waals surface area (Å²) in [6.07, 6.45) is 0.811. The van der Waals surface area contributed by atoms with Gasteiger partial charge in [-0.15, -0.1) is 0 Å². The Morgan fingerprint density at radius 3 is 2.44 bits per heavy atom. The van der Waals surface area contributed by atoms with Crippen LogP contribution in [0.25, 0.3) is 0 Å². The molecule has 16 heavy (non-hydrogen) atoms. The van der Waals surface area contributed by atoms with Crippen molar-refractivity contribution in [3.63, 3.8) is 0 Å². The average molecular weight is 221 g/mol. The molecule has 0 aliphatic rings. The lowest BCUT2D eigenvalue weighted by Gasteiger charge is -2.07. The maximum Gasteiger partial charge on any atom is 0.328 e. The molecular weight excluding hydrogens is 202 g/mol. The lowest BCUT2D eigenvalue weighted by molar-refractivity contribution is 0.241. The molecule has 0 aliphatic carbocycles. The lowest BCUT2D eigenvalue weighted by atomic mass is 10.0. The molecule has 0 bridgehead atoms. The van der Waals surface area contributed by atoms with E-state index in [9.17, 15) is 4.79 Å². The summed E-state index contributed by atoms with van der Waals surface area (Å²) in [4.78, 5) is 10.8. The van der Waals surface area contributed by atoms with Gasteiger partial charge < -0.3 is 5.32 Å². The van der Waals surface area contributed by atoms with Crippen molar-refractivity contribution in [1.29, 1.82) is 0 Å². The van der Waals surface area contributed by atoms with E-state index in [-0.39, 0.29) is 6.03 Å². The fourth-order valence-electron chi connectivity index (χ4n) is 1.44. The number of hydrogen-bond donors (Lipinski definition) is 3. The fourth-order valence-corrected chi connectivity index (χ4v) is 1.44. The molecule has 4 nitrogen and oxygen atoms in total. The second-order valence-corrected chi connectivity index (χ2v) is 4.05. The Labute approximate surface area is 96.2 Å². The van der Waals surface area contributed by atoms with Crippen molar-refractivity contribution in [1.82, 2.24) is 10.7 Å². The van der Waals surface area contributed by atoms with E-state index < -0.39 is 0 Å². The van der Waals surface area contributed by atoms with Crippen LogP contribution in [0.5, 0.6) is 0 Å². The molecular formula is C12H19N3O. The molecule has 1 aromatic rings.